The molecule has 1 rings (SSSR count). The fourth-order valence-corrected chi connectivity index (χ4v) is 1.98. The summed E-state index contributed by atoms with van der Waals surface area (Å²) in [6, 6.07) is -0.699. The van der Waals surface area contributed by atoms with Crippen LogP contribution in [0.25, 0.3) is 0 Å². The first-order valence-electron chi connectivity index (χ1n) is 5.96. The van der Waals surface area contributed by atoms with E-state index in [0.717, 1.165) is 0 Å². The van der Waals surface area contributed by atoms with Gasteiger partial charge in [-0.25, -0.2) is 4.79 Å². The van der Waals surface area contributed by atoms with Gasteiger partial charge in [-0.05, 0) is 19.8 Å². The number of hydrogen-bond donors (Lipinski definition) is 3. The number of carboxylic acid groups (broad SMARTS) is 1. The lowest BCUT2D eigenvalue weighted by molar-refractivity contribution is -0.137. The summed E-state index contributed by atoms with van der Waals surface area (Å²) in [5.74, 6) is -1.44. The van der Waals surface area contributed by atoms with Crippen molar-refractivity contribution in [2.24, 2.45) is 11.7 Å². The highest BCUT2D eigenvalue weighted by Crippen LogP contribution is 2.16. The zero-order valence-corrected chi connectivity index (χ0v) is 10.4. The molecule has 0 aromatic rings. The number of nitrogens with two attached hydrogens (primary N) is 1. The van der Waals surface area contributed by atoms with E-state index in [2.05, 4.69) is 5.32 Å². The highest BCUT2D eigenvalue weighted by Gasteiger charge is 2.26. The molecule has 7 heteroatoms. The standard InChI is InChI=1S/C11H19N3O4/c1-7(6-9(15)16)13-11(18)14-4-2-8(3-5-14)10(12)17/h7-8H,2-6H2,1H3,(H2,12,17)(H,13,18)(H,15,16). The Labute approximate surface area is 105 Å². The van der Waals surface area contributed by atoms with Crippen LogP contribution < -0.4 is 11.1 Å². The molecule has 18 heavy (non-hydrogen) atoms. The molecule has 0 aromatic carbocycles. The minimum Gasteiger partial charge on any atom is -0.481 e. The van der Waals surface area contributed by atoms with E-state index in [9.17, 15) is 14.4 Å². The molecule has 1 saturated heterocycles. The zero-order valence-electron chi connectivity index (χ0n) is 10.4. The fourth-order valence-electron chi connectivity index (χ4n) is 1.98. The van der Waals surface area contributed by atoms with Gasteiger partial charge in [-0.3, -0.25) is 9.59 Å². The maximum absolute atomic E-state index is 11.8. The van der Waals surface area contributed by atoms with E-state index in [1.165, 1.54) is 0 Å². The van der Waals surface area contributed by atoms with E-state index in [1.807, 2.05) is 0 Å². The van der Waals surface area contributed by atoms with Crippen molar-refractivity contribution in [2.75, 3.05) is 13.1 Å². The molecule has 7 nitrogen and oxygen atoms in total. The molecule has 0 bridgehead atoms. The number of urea groups is 1. The molecule has 3 amide bonds. The first-order chi connectivity index (χ1) is 8.40. The van der Waals surface area contributed by atoms with Gasteiger partial charge in [0.2, 0.25) is 5.91 Å². The molecule has 1 heterocycles. The number of nitrogens with one attached hydrogen (secondary N) is 1. The SMILES string of the molecule is CC(CC(=O)O)NC(=O)N1CCC(C(N)=O)CC1. The molecule has 0 spiro atoms. The molecule has 4 N–H and O–H groups in total. The molecule has 1 unspecified atom stereocenters. The fraction of sp³-hybridized carbons (Fsp3) is 0.727. The highest BCUT2D eigenvalue weighted by molar-refractivity contribution is 5.78. The van der Waals surface area contributed by atoms with Crippen LogP contribution in [0.4, 0.5) is 4.79 Å². The number of hydrogen-bond acceptors (Lipinski definition) is 3. The second kappa shape index (κ2) is 6.23. The van der Waals surface area contributed by atoms with Crippen LogP contribution in [0.3, 0.4) is 0 Å². The quantitative estimate of drug-likeness (QED) is 0.644. The van der Waals surface area contributed by atoms with Crippen molar-refractivity contribution in [3.05, 3.63) is 0 Å². The Morgan fingerprint density at radius 3 is 2.39 bits per heavy atom. The van der Waals surface area contributed by atoms with E-state index in [4.69, 9.17) is 10.8 Å². The van der Waals surface area contributed by atoms with Crippen LogP contribution >= 0.6 is 0 Å². The van der Waals surface area contributed by atoms with Crippen molar-refractivity contribution in [3.63, 3.8) is 0 Å². The van der Waals surface area contributed by atoms with E-state index in [0.29, 0.717) is 25.9 Å². The Kier molecular flexibility index (Phi) is 4.94. The van der Waals surface area contributed by atoms with Gasteiger partial charge < -0.3 is 21.1 Å². The van der Waals surface area contributed by atoms with Crippen molar-refractivity contribution in [2.45, 2.75) is 32.2 Å². The molecule has 1 aliphatic heterocycles. The van der Waals surface area contributed by atoms with Gasteiger partial charge in [0.15, 0.2) is 0 Å². The Morgan fingerprint density at radius 1 is 1.39 bits per heavy atom. The number of primary amides is 1. The largest absolute Gasteiger partial charge is 0.481 e. The lowest BCUT2D eigenvalue weighted by atomic mass is 9.96. The number of aliphatic carboxylic acids is 1. The molecule has 1 atom stereocenters. The minimum atomic E-state index is -0.949. The molecule has 0 saturated carbocycles. The summed E-state index contributed by atoms with van der Waals surface area (Å²) in [7, 11) is 0. The van der Waals surface area contributed by atoms with Crippen LogP contribution in [0, 0.1) is 5.92 Å². The minimum absolute atomic E-state index is 0.108. The summed E-state index contributed by atoms with van der Waals surface area (Å²) in [5.41, 5.74) is 5.20. The molecule has 102 valence electrons. The Hall–Kier alpha value is -1.79. The molecular weight excluding hydrogens is 238 g/mol. The Bertz CT molecular complexity index is 337. The number of carbonyl (C=O) groups excluding carboxylic acids is 2. The number of rotatable bonds is 4. The smallest absolute Gasteiger partial charge is 0.317 e. The monoisotopic (exact) mass is 257 g/mol. The number of amides is 3. The van der Waals surface area contributed by atoms with Crippen LogP contribution in [-0.4, -0.2) is 47.0 Å². The molecule has 1 aliphatic rings. The molecule has 0 radical (unpaired) electrons. The maximum atomic E-state index is 11.8. The third kappa shape index (κ3) is 4.23. The van der Waals surface area contributed by atoms with Crippen LogP contribution in [0.5, 0.6) is 0 Å². The second-order valence-electron chi connectivity index (χ2n) is 4.61. The normalized spacial score (nSPS) is 18.2. The topological polar surface area (TPSA) is 113 Å². The van der Waals surface area contributed by atoms with Crippen molar-refractivity contribution in [3.8, 4) is 0 Å². The summed E-state index contributed by atoms with van der Waals surface area (Å²) in [6.45, 7) is 2.58. The predicted molar refractivity (Wildman–Crippen MR) is 63.7 cm³/mol. The molecule has 0 aliphatic carbocycles. The first-order valence-corrected chi connectivity index (χ1v) is 5.96. The van der Waals surface area contributed by atoms with Crippen molar-refractivity contribution >= 4 is 17.9 Å². The summed E-state index contributed by atoms with van der Waals surface area (Å²) < 4.78 is 0. The summed E-state index contributed by atoms with van der Waals surface area (Å²) in [4.78, 5) is 34.8. The van der Waals surface area contributed by atoms with E-state index < -0.39 is 12.0 Å². The van der Waals surface area contributed by atoms with Gasteiger partial charge in [0.1, 0.15) is 0 Å². The van der Waals surface area contributed by atoms with Crippen molar-refractivity contribution < 1.29 is 19.5 Å². The average molecular weight is 257 g/mol. The number of likely N-dealkylation sites (tertiary alicyclic amines) is 1. The lowest BCUT2D eigenvalue weighted by Crippen LogP contribution is -2.48. The van der Waals surface area contributed by atoms with Crippen LogP contribution in [-0.2, 0) is 9.59 Å². The summed E-state index contributed by atoms with van der Waals surface area (Å²) in [6.07, 6.45) is 1.02. The molecule has 1 fully saturated rings. The number of carbonyl (C=O) groups is 3. The maximum Gasteiger partial charge on any atom is 0.317 e. The summed E-state index contributed by atoms with van der Waals surface area (Å²) >= 11 is 0. The Balaban J connectivity index is 2.36. The van der Waals surface area contributed by atoms with Crippen LogP contribution in [0.1, 0.15) is 26.2 Å². The predicted octanol–water partition coefficient (Wildman–Crippen LogP) is -0.243. The average Bonchev–Trinajstić information content (AvgIpc) is 2.27. The third-order valence-corrected chi connectivity index (χ3v) is 3.04. The number of carboxylic acids is 1. The van der Waals surface area contributed by atoms with Gasteiger partial charge in [-0.15, -0.1) is 0 Å². The molecule has 0 aromatic heterocycles. The number of nitrogens with zero attached hydrogens (tertiary/aromatic N) is 1. The highest BCUT2D eigenvalue weighted by atomic mass is 16.4. The number of piperidine rings is 1. The van der Waals surface area contributed by atoms with E-state index in [1.54, 1.807) is 11.8 Å². The van der Waals surface area contributed by atoms with Gasteiger partial charge in [-0.2, -0.15) is 0 Å². The van der Waals surface area contributed by atoms with Gasteiger partial charge in [-0.1, -0.05) is 0 Å². The molecular formula is C11H19N3O4. The second-order valence-corrected chi connectivity index (χ2v) is 4.61. The van der Waals surface area contributed by atoms with Gasteiger partial charge in [0.25, 0.3) is 0 Å². The lowest BCUT2D eigenvalue weighted by Gasteiger charge is -2.31. The third-order valence-electron chi connectivity index (χ3n) is 3.04. The van der Waals surface area contributed by atoms with Crippen LogP contribution in [0.15, 0.2) is 0 Å². The van der Waals surface area contributed by atoms with E-state index in [-0.39, 0.29) is 24.3 Å². The van der Waals surface area contributed by atoms with Crippen molar-refractivity contribution in [1.29, 1.82) is 0 Å². The van der Waals surface area contributed by atoms with Gasteiger partial charge in [0.05, 0.1) is 6.42 Å². The zero-order chi connectivity index (χ0) is 13.7. The van der Waals surface area contributed by atoms with Crippen molar-refractivity contribution in [1.82, 2.24) is 10.2 Å². The van der Waals surface area contributed by atoms with Crippen LogP contribution in [0.2, 0.25) is 0 Å². The van der Waals surface area contributed by atoms with Gasteiger partial charge in [0, 0.05) is 25.0 Å². The van der Waals surface area contributed by atoms with E-state index >= 15 is 0 Å². The first kappa shape index (κ1) is 14.3. The van der Waals surface area contributed by atoms with Gasteiger partial charge >= 0.3 is 12.0 Å². The Morgan fingerprint density at radius 2 is 1.94 bits per heavy atom. The summed E-state index contributed by atoms with van der Waals surface area (Å²) in [5, 5.41) is 11.2.